The van der Waals surface area contributed by atoms with Gasteiger partial charge in [-0.15, -0.1) is 0 Å². The summed E-state index contributed by atoms with van der Waals surface area (Å²) in [4.78, 5) is 36.7. The second-order valence-corrected chi connectivity index (χ2v) is 7.12. The van der Waals surface area contributed by atoms with Gasteiger partial charge in [-0.1, -0.05) is 0 Å². The molecule has 0 spiro atoms. The Morgan fingerprint density at radius 2 is 2.12 bits per heavy atom. The third-order valence-electron chi connectivity index (χ3n) is 3.40. The highest BCUT2D eigenvalue weighted by molar-refractivity contribution is 7.85. The van der Waals surface area contributed by atoms with Crippen molar-refractivity contribution >= 4 is 16.1 Å². The minimum Gasteiger partial charge on any atom is -0.460 e. The molecule has 134 valence electrons. The molecule has 0 aliphatic carbocycles. The number of esters is 1. The lowest BCUT2D eigenvalue weighted by atomic mass is 10.2. The second kappa shape index (κ2) is 6.87. The second-order valence-electron chi connectivity index (χ2n) is 5.48. The van der Waals surface area contributed by atoms with Crippen molar-refractivity contribution in [3.8, 4) is 0 Å². The van der Waals surface area contributed by atoms with E-state index >= 15 is 0 Å². The first-order chi connectivity index (χ1) is 11.1. The van der Waals surface area contributed by atoms with E-state index in [1.54, 1.807) is 0 Å². The minimum atomic E-state index is -3.70. The molecular formula is C13H18N2O8S. The van der Waals surface area contributed by atoms with Gasteiger partial charge in [-0.2, -0.15) is 8.42 Å². The van der Waals surface area contributed by atoms with Crippen LogP contribution in [0.1, 0.15) is 25.1 Å². The van der Waals surface area contributed by atoms with Gasteiger partial charge in [0, 0.05) is 25.1 Å². The summed E-state index contributed by atoms with van der Waals surface area (Å²) >= 11 is 0. The van der Waals surface area contributed by atoms with Crippen LogP contribution in [0.3, 0.4) is 0 Å². The number of aryl methyl sites for hydroxylation is 1. The standard InChI is InChI=1S/C13H18N2O8S/c1-7-5-15(13(18)14-12(7)17)11-4-9(22-8(2)16)10(23-11)6-21-24(3,19)20/h5,9-11H,4,6H2,1-3H3,(H,14,17,18)/t9-,10+,11+/m0/s1. The van der Waals surface area contributed by atoms with Crippen molar-refractivity contribution in [1.29, 1.82) is 0 Å². The van der Waals surface area contributed by atoms with Gasteiger partial charge in [0.15, 0.2) is 0 Å². The molecule has 0 unspecified atom stereocenters. The maximum absolute atomic E-state index is 11.9. The number of rotatable bonds is 5. The largest absolute Gasteiger partial charge is 0.460 e. The van der Waals surface area contributed by atoms with E-state index in [-0.39, 0.29) is 13.0 Å². The molecule has 2 heterocycles. The molecule has 1 aliphatic heterocycles. The van der Waals surface area contributed by atoms with Crippen molar-refractivity contribution in [2.75, 3.05) is 12.9 Å². The fourth-order valence-corrected chi connectivity index (χ4v) is 2.73. The van der Waals surface area contributed by atoms with Gasteiger partial charge in [0.2, 0.25) is 0 Å². The Morgan fingerprint density at radius 1 is 1.46 bits per heavy atom. The van der Waals surface area contributed by atoms with Gasteiger partial charge in [-0.25, -0.2) is 4.79 Å². The summed E-state index contributed by atoms with van der Waals surface area (Å²) in [6.07, 6.45) is -0.151. The lowest BCUT2D eigenvalue weighted by Crippen LogP contribution is -2.33. The predicted molar refractivity (Wildman–Crippen MR) is 80.9 cm³/mol. The van der Waals surface area contributed by atoms with Crippen molar-refractivity contribution < 1.29 is 26.9 Å². The number of nitrogens with zero attached hydrogens (tertiary/aromatic N) is 1. The summed E-state index contributed by atoms with van der Waals surface area (Å²) < 4.78 is 38.8. The molecule has 2 rings (SSSR count). The van der Waals surface area contributed by atoms with Gasteiger partial charge >= 0.3 is 11.7 Å². The molecule has 1 fully saturated rings. The molecule has 24 heavy (non-hydrogen) atoms. The summed E-state index contributed by atoms with van der Waals surface area (Å²) in [5.74, 6) is -0.571. The van der Waals surface area contributed by atoms with E-state index in [4.69, 9.17) is 13.7 Å². The number of hydrogen-bond donors (Lipinski definition) is 1. The van der Waals surface area contributed by atoms with Crippen molar-refractivity contribution in [2.45, 2.75) is 38.7 Å². The number of ether oxygens (including phenoxy) is 2. The van der Waals surface area contributed by atoms with Crippen LogP contribution in [0.4, 0.5) is 0 Å². The Bertz CT molecular complexity index is 840. The molecule has 1 aromatic rings. The summed E-state index contributed by atoms with van der Waals surface area (Å²) in [7, 11) is -3.70. The minimum absolute atomic E-state index is 0.114. The smallest absolute Gasteiger partial charge is 0.330 e. The number of nitrogens with one attached hydrogen (secondary N) is 1. The zero-order chi connectivity index (χ0) is 18.1. The number of hydrogen-bond acceptors (Lipinski definition) is 8. The third kappa shape index (κ3) is 4.52. The lowest BCUT2D eigenvalue weighted by molar-refractivity contribution is -0.150. The van der Waals surface area contributed by atoms with Crippen LogP contribution in [-0.4, -0.2) is 49.0 Å². The molecule has 1 aromatic heterocycles. The van der Waals surface area contributed by atoms with E-state index in [9.17, 15) is 22.8 Å². The van der Waals surface area contributed by atoms with Crippen LogP contribution in [0, 0.1) is 6.92 Å². The maximum Gasteiger partial charge on any atom is 0.330 e. The van der Waals surface area contributed by atoms with Crippen molar-refractivity contribution in [3.05, 3.63) is 32.6 Å². The van der Waals surface area contributed by atoms with E-state index in [2.05, 4.69) is 4.98 Å². The van der Waals surface area contributed by atoms with Crippen LogP contribution < -0.4 is 11.2 Å². The Kier molecular flexibility index (Phi) is 5.26. The molecule has 0 radical (unpaired) electrons. The van der Waals surface area contributed by atoms with Crippen LogP contribution in [0.15, 0.2) is 15.8 Å². The van der Waals surface area contributed by atoms with Gasteiger partial charge in [0.05, 0.1) is 12.9 Å². The van der Waals surface area contributed by atoms with Crippen LogP contribution in [0.25, 0.3) is 0 Å². The predicted octanol–water partition coefficient (Wildman–Crippen LogP) is -0.960. The lowest BCUT2D eigenvalue weighted by Gasteiger charge is -2.17. The summed E-state index contributed by atoms with van der Waals surface area (Å²) in [6, 6.07) is 0. The normalized spacial score (nSPS) is 24.0. The van der Waals surface area contributed by atoms with Gasteiger partial charge in [-0.05, 0) is 6.92 Å². The molecule has 0 aromatic carbocycles. The monoisotopic (exact) mass is 362 g/mol. The molecular weight excluding hydrogens is 344 g/mol. The molecule has 3 atom stereocenters. The van der Waals surface area contributed by atoms with Crippen LogP contribution in [0.2, 0.25) is 0 Å². The molecule has 11 heteroatoms. The SMILES string of the molecule is CC(=O)O[C@H]1C[C@H](n2cc(C)c(=O)[nH]c2=O)O[C@@H]1COS(C)(=O)=O. The van der Waals surface area contributed by atoms with Crippen LogP contribution >= 0.6 is 0 Å². The Labute approximate surface area is 137 Å². The quantitative estimate of drug-likeness (QED) is 0.523. The molecule has 1 N–H and O–H groups in total. The van der Waals surface area contributed by atoms with Gasteiger partial charge in [0.1, 0.15) is 18.4 Å². The topological polar surface area (TPSA) is 134 Å². The average molecular weight is 362 g/mol. The fourth-order valence-electron chi connectivity index (χ4n) is 2.35. The highest BCUT2D eigenvalue weighted by atomic mass is 32.2. The van der Waals surface area contributed by atoms with Crippen molar-refractivity contribution in [1.82, 2.24) is 9.55 Å². The number of carbonyl (C=O) groups is 1. The average Bonchev–Trinajstić information content (AvgIpc) is 2.82. The summed E-state index contributed by atoms with van der Waals surface area (Å²) in [5, 5.41) is 0. The highest BCUT2D eigenvalue weighted by Crippen LogP contribution is 2.30. The van der Waals surface area contributed by atoms with Crippen molar-refractivity contribution in [3.63, 3.8) is 0 Å². The van der Waals surface area contributed by atoms with Crippen LogP contribution in [-0.2, 0) is 28.6 Å². The molecule has 1 aliphatic rings. The zero-order valence-corrected chi connectivity index (χ0v) is 14.2. The number of carbonyl (C=O) groups excluding carboxylic acids is 1. The van der Waals surface area contributed by atoms with E-state index < -0.39 is 45.8 Å². The van der Waals surface area contributed by atoms with E-state index in [1.165, 1.54) is 20.0 Å². The number of H-pyrrole nitrogens is 1. The number of aromatic amines is 1. The molecule has 1 saturated heterocycles. The van der Waals surface area contributed by atoms with Gasteiger partial charge in [-0.3, -0.25) is 23.3 Å². The Balaban J connectivity index is 2.25. The van der Waals surface area contributed by atoms with E-state index in [0.717, 1.165) is 10.8 Å². The van der Waals surface area contributed by atoms with E-state index in [0.29, 0.717) is 5.56 Å². The number of aromatic nitrogens is 2. The van der Waals surface area contributed by atoms with Gasteiger partial charge in [0.25, 0.3) is 15.7 Å². The molecule has 0 amide bonds. The molecule has 0 bridgehead atoms. The Morgan fingerprint density at radius 3 is 2.71 bits per heavy atom. The molecule has 0 saturated carbocycles. The van der Waals surface area contributed by atoms with Crippen LogP contribution in [0.5, 0.6) is 0 Å². The Hall–Kier alpha value is -1.98. The summed E-state index contributed by atoms with van der Waals surface area (Å²) in [6.45, 7) is 2.38. The summed E-state index contributed by atoms with van der Waals surface area (Å²) in [5.41, 5.74) is -0.886. The van der Waals surface area contributed by atoms with Crippen molar-refractivity contribution in [2.24, 2.45) is 0 Å². The highest BCUT2D eigenvalue weighted by Gasteiger charge is 2.39. The zero-order valence-electron chi connectivity index (χ0n) is 13.3. The maximum atomic E-state index is 11.9. The third-order valence-corrected chi connectivity index (χ3v) is 3.96. The molecule has 10 nitrogen and oxygen atoms in total. The fraction of sp³-hybridized carbons (Fsp3) is 0.615. The van der Waals surface area contributed by atoms with Gasteiger partial charge < -0.3 is 9.47 Å². The van der Waals surface area contributed by atoms with E-state index in [1.807, 2.05) is 0 Å². The first-order valence-corrected chi connectivity index (χ1v) is 8.87. The first-order valence-electron chi connectivity index (χ1n) is 7.06. The first kappa shape index (κ1) is 18.4.